The number of thiophene rings is 1. The molecule has 148 valence electrons. The van der Waals surface area contributed by atoms with Crippen LogP contribution in [0.4, 0.5) is 4.79 Å². The van der Waals surface area contributed by atoms with E-state index in [9.17, 15) is 4.79 Å². The summed E-state index contributed by atoms with van der Waals surface area (Å²) in [5.41, 5.74) is 0.803. The first kappa shape index (κ1) is 23.0. The molecule has 1 fully saturated rings. The molecule has 0 radical (unpaired) electrons. The molecule has 1 aromatic heterocycles. The summed E-state index contributed by atoms with van der Waals surface area (Å²) in [6, 6.07) is 2.10. The van der Waals surface area contributed by atoms with Crippen LogP contribution in [-0.2, 0) is 11.3 Å². The zero-order valence-electron chi connectivity index (χ0n) is 16.1. The van der Waals surface area contributed by atoms with Crippen LogP contribution in [0.3, 0.4) is 0 Å². The maximum absolute atomic E-state index is 12.2. The van der Waals surface area contributed by atoms with E-state index in [0.29, 0.717) is 5.92 Å². The lowest BCUT2D eigenvalue weighted by Crippen LogP contribution is -2.47. The summed E-state index contributed by atoms with van der Waals surface area (Å²) in [6.07, 6.45) is 1.90. The number of nitrogens with zero attached hydrogens (tertiary/aromatic N) is 2. The number of ether oxygens (including phenoxy) is 1. The molecular formula is C18H31IN4O2S. The van der Waals surface area contributed by atoms with E-state index in [-0.39, 0.29) is 30.1 Å². The molecule has 2 rings (SSSR count). The van der Waals surface area contributed by atoms with Gasteiger partial charge in [-0.2, -0.15) is 11.3 Å². The predicted octanol–water partition coefficient (Wildman–Crippen LogP) is 3.68. The number of rotatable bonds is 4. The Hall–Kier alpha value is -1.03. The number of likely N-dealkylation sites (tertiary alicyclic amines) is 1. The average Bonchev–Trinajstić information content (AvgIpc) is 3.07. The van der Waals surface area contributed by atoms with Gasteiger partial charge in [0.25, 0.3) is 0 Å². The van der Waals surface area contributed by atoms with Crippen LogP contribution in [0.25, 0.3) is 0 Å². The Kier molecular flexibility index (Phi) is 9.70. The minimum atomic E-state index is -0.449. The second-order valence-corrected chi connectivity index (χ2v) is 8.15. The number of carbonyl (C=O) groups excluding carboxylic acids is 1. The lowest BCUT2D eigenvalue weighted by molar-refractivity contribution is 0.0168. The fourth-order valence-electron chi connectivity index (χ4n) is 2.76. The van der Waals surface area contributed by atoms with Crippen molar-refractivity contribution in [3.63, 3.8) is 0 Å². The summed E-state index contributed by atoms with van der Waals surface area (Å²) in [5.74, 6) is 1.20. The van der Waals surface area contributed by atoms with Crippen LogP contribution in [0.5, 0.6) is 0 Å². The fourth-order valence-corrected chi connectivity index (χ4v) is 3.43. The highest BCUT2D eigenvalue weighted by molar-refractivity contribution is 14.0. The van der Waals surface area contributed by atoms with Gasteiger partial charge in [-0.05, 0) is 61.9 Å². The minimum absolute atomic E-state index is 0. The van der Waals surface area contributed by atoms with E-state index in [4.69, 9.17) is 4.74 Å². The number of carbonyl (C=O) groups is 1. The predicted molar refractivity (Wildman–Crippen MR) is 118 cm³/mol. The Morgan fingerprint density at radius 2 is 2.19 bits per heavy atom. The second-order valence-electron chi connectivity index (χ2n) is 7.37. The van der Waals surface area contributed by atoms with E-state index in [1.165, 1.54) is 5.56 Å². The van der Waals surface area contributed by atoms with E-state index >= 15 is 0 Å². The summed E-state index contributed by atoms with van der Waals surface area (Å²) < 4.78 is 5.48. The van der Waals surface area contributed by atoms with Crippen LogP contribution >= 0.6 is 35.3 Å². The number of piperidine rings is 1. The van der Waals surface area contributed by atoms with Crippen LogP contribution < -0.4 is 10.6 Å². The summed E-state index contributed by atoms with van der Waals surface area (Å²) in [6.45, 7) is 8.76. The molecule has 0 bridgehead atoms. The molecule has 1 aromatic rings. The molecule has 1 aliphatic rings. The van der Waals surface area contributed by atoms with E-state index in [2.05, 4.69) is 32.5 Å². The highest BCUT2D eigenvalue weighted by atomic mass is 127. The van der Waals surface area contributed by atoms with Crippen LogP contribution in [-0.4, -0.2) is 49.2 Å². The summed E-state index contributed by atoms with van der Waals surface area (Å²) >= 11 is 1.69. The van der Waals surface area contributed by atoms with Crippen molar-refractivity contribution in [2.45, 2.75) is 45.8 Å². The quantitative estimate of drug-likeness (QED) is 0.381. The van der Waals surface area contributed by atoms with Crippen molar-refractivity contribution in [2.75, 3.05) is 26.7 Å². The lowest BCUT2D eigenvalue weighted by atomic mass is 9.98. The van der Waals surface area contributed by atoms with Crippen LogP contribution in [0.2, 0.25) is 0 Å². The number of guanidine groups is 1. The van der Waals surface area contributed by atoms with Gasteiger partial charge in [0.15, 0.2) is 5.96 Å². The molecule has 0 aliphatic carbocycles. The summed E-state index contributed by atoms with van der Waals surface area (Å²) in [5, 5.41) is 10.9. The minimum Gasteiger partial charge on any atom is -0.444 e. The maximum Gasteiger partial charge on any atom is 0.410 e. The molecule has 2 heterocycles. The molecule has 0 saturated carbocycles. The molecular weight excluding hydrogens is 463 g/mol. The van der Waals surface area contributed by atoms with Gasteiger partial charge >= 0.3 is 6.09 Å². The highest BCUT2D eigenvalue weighted by Crippen LogP contribution is 2.18. The van der Waals surface area contributed by atoms with Crippen molar-refractivity contribution in [3.8, 4) is 0 Å². The van der Waals surface area contributed by atoms with Gasteiger partial charge in [-0.15, -0.1) is 24.0 Å². The van der Waals surface area contributed by atoms with Gasteiger partial charge in [0.2, 0.25) is 0 Å². The number of amides is 1. The number of halogens is 1. The monoisotopic (exact) mass is 494 g/mol. The zero-order chi connectivity index (χ0) is 18.3. The van der Waals surface area contributed by atoms with Gasteiger partial charge in [-0.25, -0.2) is 4.79 Å². The molecule has 26 heavy (non-hydrogen) atoms. The normalized spacial score (nSPS) is 18.1. The largest absolute Gasteiger partial charge is 0.444 e. The van der Waals surface area contributed by atoms with Crippen LogP contribution in [0.15, 0.2) is 21.8 Å². The molecule has 8 heteroatoms. The third-order valence-electron chi connectivity index (χ3n) is 3.99. The van der Waals surface area contributed by atoms with Gasteiger partial charge in [0.05, 0.1) is 0 Å². The van der Waals surface area contributed by atoms with Crippen molar-refractivity contribution in [2.24, 2.45) is 10.9 Å². The van der Waals surface area contributed by atoms with E-state index < -0.39 is 5.60 Å². The van der Waals surface area contributed by atoms with Gasteiger partial charge in [-0.3, -0.25) is 4.99 Å². The van der Waals surface area contributed by atoms with E-state index in [1.54, 1.807) is 18.4 Å². The smallest absolute Gasteiger partial charge is 0.410 e. The Labute approximate surface area is 177 Å². The van der Waals surface area contributed by atoms with Crippen LogP contribution in [0, 0.1) is 5.92 Å². The van der Waals surface area contributed by atoms with Gasteiger partial charge < -0.3 is 20.3 Å². The Morgan fingerprint density at radius 3 is 2.81 bits per heavy atom. The molecule has 1 aliphatic heterocycles. The third-order valence-corrected chi connectivity index (χ3v) is 4.72. The molecule has 1 saturated heterocycles. The molecule has 6 nitrogen and oxygen atoms in total. The standard InChI is InChI=1S/C18H30N4O2S.HI/c1-18(2,3)24-17(23)22-8-5-6-14(12-22)10-20-16(19-4)21-11-15-7-9-25-13-15;/h7,9,13-14H,5-6,8,10-12H2,1-4H3,(H2,19,20,21);1H. The van der Waals surface area contributed by atoms with E-state index in [1.807, 2.05) is 25.7 Å². The van der Waals surface area contributed by atoms with Crippen molar-refractivity contribution in [1.82, 2.24) is 15.5 Å². The lowest BCUT2D eigenvalue weighted by Gasteiger charge is -2.34. The maximum atomic E-state index is 12.2. The Bertz CT molecular complexity index is 572. The molecule has 1 unspecified atom stereocenters. The SMILES string of the molecule is CN=C(NCc1ccsc1)NCC1CCCN(C(=O)OC(C)(C)C)C1.I. The van der Waals surface area contributed by atoms with Crippen molar-refractivity contribution in [3.05, 3.63) is 22.4 Å². The number of nitrogens with one attached hydrogen (secondary N) is 2. The molecule has 1 amide bonds. The fraction of sp³-hybridized carbons (Fsp3) is 0.667. The Morgan fingerprint density at radius 1 is 1.42 bits per heavy atom. The van der Waals surface area contributed by atoms with E-state index in [0.717, 1.165) is 45.0 Å². The molecule has 0 aromatic carbocycles. The average molecular weight is 494 g/mol. The number of hydrogen-bond donors (Lipinski definition) is 2. The molecule has 1 atom stereocenters. The number of hydrogen-bond acceptors (Lipinski definition) is 4. The first-order valence-electron chi connectivity index (χ1n) is 8.81. The van der Waals surface area contributed by atoms with Gasteiger partial charge in [0.1, 0.15) is 5.60 Å². The van der Waals surface area contributed by atoms with Crippen molar-refractivity contribution < 1.29 is 9.53 Å². The molecule has 0 spiro atoms. The van der Waals surface area contributed by atoms with Crippen molar-refractivity contribution >= 4 is 47.4 Å². The Balaban J connectivity index is 0.00000338. The molecule has 2 N–H and O–H groups in total. The van der Waals surface area contributed by atoms with Crippen LogP contribution in [0.1, 0.15) is 39.2 Å². The van der Waals surface area contributed by atoms with Gasteiger partial charge in [0, 0.05) is 33.2 Å². The van der Waals surface area contributed by atoms with Crippen molar-refractivity contribution in [1.29, 1.82) is 0 Å². The van der Waals surface area contributed by atoms with Gasteiger partial charge in [-0.1, -0.05) is 0 Å². The first-order chi connectivity index (χ1) is 11.9. The summed E-state index contributed by atoms with van der Waals surface area (Å²) in [4.78, 5) is 18.3. The first-order valence-corrected chi connectivity index (χ1v) is 9.75. The highest BCUT2D eigenvalue weighted by Gasteiger charge is 2.27. The summed E-state index contributed by atoms with van der Waals surface area (Å²) in [7, 11) is 1.77. The topological polar surface area (TPSA) is 66.0 Å². The second kappa shape index (κ2) is 11.0. The zero-order valence-corrected chi connectivity index (χ0v) is 19.2. The third kappa shape index (κ3) is 8.11. The number of aliphatic imine (C=N–C) groups is 1.